The van der Waals surface area contributed by atoms with Gasteiger partial charge >= 0.3 is 0 Å². The summed E-state index contributed by atoms with van der Waals surface area (Å²) in [7, 11) is 2.01. The van der Waals surface area contributed by atoms with Crippen LogP contribution in [-0.2, 0) is 0 Å². The summed E-state index contributed by atoms with van der Waals surface area (Å²) in [5.41, 5.74) is 6.68. The molecule has 2 N–H and O–H groups in total. The normalized spacial score (nSPS) is 15.0. The van der Waals surface area contributed by atoms with Gasteiger partial charge in [-0.1, -0.05) is 19.9 Å². The topological polar surface area (TPSA) is 29.3 Å². The fourth-order valence-corrected chi connectivity index (χ4v) is 2.20. The molecule has 1 aromatic carbocycles. The first kappa shape index (κ1) is 16.1. The highest BCUT2D eigenvalue weighted by Gasteiger charge is 2.16. The molecule has 2 atom stereocenters. The molecule has 0 heterocycles. The predicted octanol–water partition coefficient (Wildman–Crippen LogP) is 3.33. The smallest absolute Gasteiger partial charge is 0.159 e. The van der Waals surface area contributed by atoms with Crippen LogP contribution in [0.5, 0.6) is 0 Å². The third-order valence-electron chi connectivity index (χ3n) is 3.42. The molecule has 0 amide bonds. The van der Waals surface area contributed by atoms with Crippen LogP contribution < -0.4 is 5.73 Å². The minimum absolute atomic E-state index is 0.310. The fourth-order valence-electron chi connectivity index (χ4n) is 2.20. The van der Waals surface area contributed by atoms with E-state index in [1.807, 2.05) is 7.05 Å². The number of benzene rings is 1. The maximum Gasteiger partial charge on any atom is 0.159 e. The average molecular weight is 270 g/mol. The molecule has 19 heavy (non-hydrogen) atoms. The number of nitrogens with zero attached hydrogens (tertiary/aromatic N) is 1. The molecular weight excluding hydrogens is 246 g/mol. The Labute approximate surface area is 114 Å². The Morgan fingerprint density at radius 2 is 1.79 bits per heavy atom. The van der Waals surface area contributed by atoms with Crippen molar-refractivity contribution in [3.8, 4) is 0 Å². The van der Waals surface area contributed by atoms with Gasteiger partial charge in [-0.2, -0.15) is 0 Å². The van der Waals surface area contributed by atoms with Gasteiger partial charge in [-0.15, -0.1) is 0 Å². The summed E-state index contributed by atoms with van der Waals surface area (Å²) in [6.45, 7) is 7.14. The molecule has 0 saturated carbocycles. The van der Waals surface area contributed by atoms with Gasteiger partial charge in [-0.3, -0.25) is 0 Å². The van der Waals surface area contributed by atoms with Crippen molar-refractivity contribution >= 4 is 0 Å². The third kappa shape index (κ3) is 4.88. The Kier molecular flexibility index (Phi) is 5.88. The largest absolute Gasteiger partial charge is 0.323 e. The van der Waals surface area contributed by atoms with Gasteiger partial charge in [-0.25, -0.2) is 8.78 Å². The lowest BCUT2D eigenvalue weighted by molar-refractivity contribution is 0.216. The SMILES string of the molecule is CC(C)CC(C)N(C)CC(N)c1ccc(F)c(F)c1. The quantitative estimate of drug-likeness (QED) is 0.859. The molecule has 0 radical (unpaired) electrons. The van der Waals surface area contributed by atoms with Crippen LogP contribution in [0.15, 0.2) is 18.2 Å². The molecule has 0 saturated heterocycles. The van der Waals surface area contributed by atoms with Crippen LogP contribution in [-0.4, -0.2) is 24.5 Å². The van der Waals surface area contributed by atoms with Gasteiger partial charge in [0.2, 0.25) is 0 Å². The predicted molar refractivity (Wildman–Crippen MR) is 74.8 cm³/mol. The summed E-state index contributed by atoms with van der Waals surface area (Å²) in [6, 6.07) is 3.96. The van der Waals surface area contributed by atoms with E-state index in [-0.39, 0.29) is 6.04 Å². The number of halogens is 2. The summed E-state index contributed by atoms with van der Waals surface area (Å²) in [5, 5.41) is 0. The number of rotatable bonds is 6. The lowest BCUT2D eigenvalue weighted by Crippen LogP contribution is -2.36. The van der Waals surface area contributed by atoms with E-state index >= 15 is 0 Å². The van der Waals surface area contributed by atoms with E-state index in [4.69, 9.17) is 5.73 Å². The van der Waals surface area contributed by atoms with Gasteiger partial charge in [0.25, 0.3) is 0 Å². The first-order chi connectivity index (χ1) is 8.81. The van der Waals surface area contributed by atoms with Gasteiger partial charge in [0.15, 0.2) is 11.6 Å². The molecule has 0 fully saturated rings. The first-order valence-electron chi connectivity index (χ1n) is 6.72. The average Bonchev–Trinajstić information content (AvgIpc) is 2.31. The van der Waals surface area contributed by atoms with E-state index in [2.05, 4.69) is 25.7 Å². The van der Waals surface area contributed by atoms with E-state index in [0.29, 0.717) is 24.1 Å². The Bertz CT molecular complexity index is 407. The van der Waals surface area contributed by atoms with Crippen molar-refractivity contribution in [1.82, 2.24) is 4.90 Å². The standard InChI is InChI=1S/C15H24F2N2/c1-10(2)7-11(3)19(4)9-15(18)12-5-6-13(16)14(17)8-12/h5-6,8,10-11,15H,7,9,18H2,1-4H3. The van der Waals surface area contributed by atoms with Crippen LogP contribution in [0.2, 0.25) is 0 Å². The van der Waals surface area contributed by atoms with Crippen LogP contribution in [0.25, 0.3) is 0 Å². The van der Waals surface area contributed by atoms with Crippen molar-refractivity contribution in [2.75, 3.05) is 13.6 Å². The first-order valence-corrected chi connectivity index (χ1v) is 6.72. The Morgan fingerprint density at radius 1 is 1.16 bits per heavy atom. The zero-order chi connectivity index (χ0) is 14.6. The van der Waals surface area contributed by atoms with Gasteiger partial charge in [0.05, 0.1) is 0 Å². The molecule has 0 aliphatic carbocycles. The van der Waals surface area contributed by atoms with E-state index in [1.54, 1.807) is 6.07 Å². The highest BCUT2D eigenvalue weighted by molar-refractivity contribution is 5.21. The van der Waals surface area contributed by atoms with Crippen LogP contribution >= 0.6 is 0 Å². The zero-order valence-electron chi connectivity index (χ0n) is 12.2. The number of likely N-dealkylation sites (N-methyl/N-ethyl adjacent to an activating group) is 1. The fraction of sp³-hybridized carbons (Fsp3) is 0.600. The Balaban J connectivity index is 2.63. The van der Waals surface area contributed by atoms with E-state index in [0.717, 1.165) is 12.5 Å². The number of nitrogens with two attached hydrogens (primary N) is 1. The van der Waals surface area contributed by atoms with Gasteiger partial charge in [-0.05, 0) is 44.0 Å². The van der Waals surface area contributed by atoms with Crippen molar-refractivity contribution in [3.63, 3.8) is 0 Å². The van der Waals surface area contributed by atoms with Crippen molar-refractivity contribution in [3.05, 3.63) is 35.4 Å². The lowest BCUT2D eigenvalue weighted by Gasteiger charge is -2.28. The van der Waals surface area contributed by atoms with Crippen molar-refractivity contribution in [2.45, 2.75) is 39.3 Å². The molecule has 2 nitrogen and oxygen atoms in total. The molecule has 2 unspecified atom stereocenters. The summed E-state index contributed by atoms with van der Waals surface area (Å²) in [6.07, 6.45) is 1.08. The van der Waals surface area contributed by atoms with Crippen LogP contribution in [0.1, 0.15) is 38.8 Å². The second kappa shape index (κ2) is 6.96. The van der Waals surface area contributed by atoms with Gasteiger partial charge in [0, 0.05) is 18.6 Å². The minimum atomic E-state index is -0.842. The maximum atomic E-state index is 13.2. The summed E-state index contributed by atoms with van der Waals surface area (Å²) in [4.78, 5) is 2.16. The monoisotopic (exact) mass is 270 g/mol. The van der Waals surface area contributed by atoms with E-state index < -0.39 is 11.6 Å². The van der Waals surface area contributed by atoms with E-state index in [9.17, 15) is 8.78 Å². The maximum absolute atomic E-state index is 13.2. The molecule has 0 aliphatic rings. The van der Waals surface area contributed by atoms with Crippen LogP contribution in [0.4, 0.5) is 8.78 Å². The molecule has 0 aliphatic heterocycles. The van der Waals surface area contributed by atoms with Crippen LogP contribution in [0.3, 0.4) is 0 Å². The Hall–Kier alpha value is -1.00. The van der Waals surface area contributed by atoms with Gasteiger partial charge in [0.1, 0.15) is 0 Å². The molecule has 1 aromatic rings. The van der Waals surface area contributed by atoms with Crippen molar-refractivity contribution < 1.29 is 8.78 Å². The second-order valence-electron chi connectivity index (χ2n) is 5.70. The molecule has 0 aromatic heterocycles. The Morgan fingerprint density at radius 3 is 2.32 bits per heavy atom. The highest BCUT2D eigenvalue weighted by Crippen LogP contribution is 2.17. The van der Waals surface area contributed by atoms with E-state index in [1.165, 1.54) is 6.07 Å². The third-order valence-corrected chi connectivity index (χ3v) is 3.42. The summed E-state index contributed by atoms with van der Waals surface area (Å²) in [5.74, 6) is -1.06. The van der Waals surface area contributed by atoms with Crippen LogP contribution in [0, 0.1) is 17.6 Å². The zero-order valence-corrected chi connectivity index (χ0v) is 12.2. The molecule has 1 rings (SSSR count). The van der Waals surface area contributed by atoms with Crippen molar-refractivity contribution in [2.24, 2.45) is 11.7 Å². The molecule has 0 spiro atoms. The molecule has 108 valence electrons. The highest BCUT2D eigenvalue weighted by atomic mass is 19.2. The molecule has 4 heteroatoms. The minimum Gasteiger partial charge on any atom is -0.323 e. The van der Waals surface area contributed by atoms with Crippen molar-refractivity contribution in [1.29, 1.82) is 0 Å². The summed E-state index contributed by atoms with van der Waals surface area (Å²) < 4.78 is 26.0. The molecular formula is C15H24F2N2. The number of hydrogen-bond acceptors (Lipinski definition) is 2. The number of hydrogen-bond donors (Lipinski definition) is 1. The van der Waals surface area contributed by atoms with Gasteiger partial charge < -0.3 is 10.6 Å². The molecule has 0 bridgehead atoms. The second-order valence-corrected chi connectivity index (χ2v) is 5.70. The summed E-state index contributed by atoms with van der Waals surface area (Å²) >= 11 is 0. The lowest BCUT2D eigenvalue weighted by atomic mass is 10.0.